The maximum Gasteiger partial charge on any atom is 0.237 e. The van der Waals surface area contributed by atoms with Gasteiger partial charge < -0.3 is 9.47 Å². The minimum absolute atomic E-state index is 0.0983. The van der Waals surface area contributed by atoms with Crippen molar-refractivity contribution in [3.63, 3.8) is 0 Å². The molecule has 0 spiro atoms. The van der Waals surface area contributed by atoms with Crippen molar-refractivity contribution in [1.29, 1.82) is 0 Å². The predicted octanol–water partition coefficient (Wildman–Crippen LogP) is 2.43. The lowest BCUT2D eigenvalue weighted by Crippen LogP contribution is -2.18. The molecule has 17 heavy (non-hydrogen) atoms. The first-order valence-electron chi connectivity index (χ1n) is 4.57. The van der Waals surface area contributed by atoms with Gasteiger partial charge in [0.2, 0.25) is 9.05 Å². The van der Waals surface area contributed by atoms with Crippen molar-refractivity contribution in [2.75, 3.05) is 13.2 Å². The number of hydrogen-bond donors (Lipinski definition) is 0. The first kappa shape index (κ1) is 12.9. The highest BCUT2D eigenvalue weighted by Gasteiger charge is 2.25. The highest BCUT2D eigenvalue weighted by molar-refractivity contribution is 9.10. The molecule has 0 bridgehead atoms. The summed E-state index contributed by atoms with van der Waals surface area (Å²) in [6.07, 6.45) is 0. The summed E-state index contributed by atoms with van der Waals surface area (Å²) in [6.45, 7) is 0.571. The Balaban J connectivity index is 2.58. The molecule has 8 heteroatoms. The first-order valence-corrected chi connectivity index (χ1v) is 7.84. The topological polar surface area (TPSA) is 52.6 Å². The summed E-state index contributed by atoms with van der Waals surface area (Å²) < 4.78 is 46.5. The highest BCUT2D eigenvalue weighted by atomic mass is 79.9. The summed E-state index contributed by atoms with van der Waals surface area (Å²) in [5.74, 6) is -0.953. The van der Waals surface area contributed by atoms with Crippen molar-refractivity contribution < 1.29 is 22.3 Å². The molecule has 0 saturated carbocycles. The van der Waals surface area contributed by atoms with Crippen molar-refractivity contribution >= 4 is 35.7 Å². The van der Waals surface area contributed by atoms with Gasteiger partial charge in [0, 0.05) is 16.7 Å². The molecule has 2 rings (SSSR count). The minimum atomic E-state index is -3.87. The molecule has 0 unspecified atom stereocenters. The minimum Gasteiger partial charge on any atom is -0.486 e. The molecule has 0 amide bonds. The van der Waals surface area contributed by atoms with Crippen LogP contribution in [0.25, 0.3) is 0 Å². The maximum atomic E-state index is 13.8. The van der Waals surface area contributed by atoms with Gasteiger partial charge in [-0.25, -0.2) is 12.8 Å². The highest BCUT2D eigenvalue weighted by Crippen LogP contribution is 2.40. The van der Waals surface area contributed by atoms with Gasteiger partial charge in [0.25, 0.3) is 0 Å². The fourth-order valence-electron chi connectivity index (χ4n) is 1.50. The van der Waals surface area contributed by atoms with Crippen LogP contribution in [-0.4, -0.2) is 21.6 Å². The van der Waals surface area contributed by atoms with Gasteiger partial charge in [0.15, 0.2) is 11.5 Å². The van der Waals surface area contributed by atoms with E-state index in [0.717, 1.165) is 0 Å². The fourth-order valence-corrected chi connectivity index (χ4v) is 2.88. The summed E-state index contributed by atoms with van der Waals surface area (Å²) in [5.41, 5.74) is -0.121. The largest absolute Gasteiger partial charge is 0.486 e. The molecule has 0 aliphatic carbocycles. The maximum absolute atomic E-state index is 13.8. The normalized spacial score (nSPS) is 14.8. The zero-order chi connectivity index (χ0) is 12.6. The standard InChI is InChI=1S/C9H7BrClFO4S/c10-6-3-7-9(16-2-1-15-7)5(8(6)12)4-17(11,13)14/h3H,1-2,4H2. The number of halogens is 3. The first-order chi connectivity index (χ1) is 7.88. The lowest BCUT2D eigenvalue weighted by atomic mass is 10.2. The van der Waals surface area contributed by atoms with Crippen LogP contribution in [0.1, 0.15) is 5.56 Å². The molecule has 1 aromatic carbocycles. The number of fused-ring (bicyclic) bond motifs is 1. The van der Waals surface area contributed by atoms with Crippen molar-refractivity contribution in [2.45, 2.75) is 5.75 Å². The van der Waals surface area contributed by atoms with Gasteiger partial charge in [-0.2, -0.15) is 0 Å². The van der Waals surface area contributed by atoms with Gasteiger partial charge in [-0.3, -0.25) is 0 Å². The van der Waals surface area contributed by atoms with E-state index >= 15 is 0 Å². The lowest BCUT2D eigenvalue weighted by Gasteiger charge is -2.21. The van der Waals surface area contributed by atoms with Crippen LogP contribution in [0.3, 0.4) is 0 Å². The fraction of sp³-hybridized carbons (Fsp3) is 0.333. The molecule has 4 nitrogen and oxygen atoms in total. The summed E-state index contributed by atoms with van der Waals surface area (Å²) in [5, 5.41) is 0. The Hall–Kier alpha value is -0.530. The molecule has 0 fully saturated rings. The molecule has 0 atom stereocenters. The van der Waals surface area contributed by atoms with Crippen LogP contribution in [0.2, 0.25) is 0 Å². The molecule has 0 aromatic heterocycles. The monoisotopic (exact) mass is 344 g/mol. The Labute approximate surface area is 110 Å². The smallest absolute Gasteiger partial charge is 0.237 e. The van der Waals surface area contributed by atoms with Crippen LogP contribution in [-0.2, 0) is 14.8 Å². The third kappa shape index (κ3) is 2.83. The van der Waals surface area contributed by atoms with Gasteiger partial charge >= 0.3 is 0 Å². The summed E-state index contributed by atoms with van der Waals surface area (Å²) >= 11 is 2.98. The number of rotatable bonds is 2. The van der Waals surface area contributed by atoms with Crippen molar-refractivity contribution in [1.82, 2.24) is 0 Å². The molecule has 1 aromatic rings. The van der Waals surface area contributed by atoms with E-state index in [1.165, 1.54) is 6.07 Å². The van der Waals surface area contributed by atoms with Gasteiger partial charge in [-0.15, -0.1) is 0 Å². The van der Waals surface area contributed by atoms with E-state index in [1.807, 2.05) is 0 Å². The zero-order valence-corrected chi connectivity index (χ0v) is 11.5. The van der Waals surface area contributed by atoms with Crippen LogP contribution in [0.15, 0.2) is 10.5 Å². The second-order valence-corrected chi connectivity index (χ2v) is 6.99. The Kier molecular flexibility index (Phi) is 3.51. The van der Waals surface area contributed by atoms with Gasteiger partial charge in [0.1, 0.15) is 19.0 Å². The van der Waals surface area contributed by atoms with E-state index < -0.39 is 20.6 Å². The second-order valence-electron chi connectivity index (χ2n) is 3.36. The molecule has 0 saturated heterocycles. The third-order valence-corrected chi connectivity index (χ3v) is 3.67. The number of ether oxygens (including phenoxy) is 2. The SMILES string of the molecule is O=S(=O)(Cl)Cc1c(F)c(Br)cc2c1OCCO2. The molecule has 0 N–H and O–H groups in total. The molecule has 0 radical (unpaired) electrons. The Morgan fingerprint density at radius 3 is 2.71 bits per heavy atom. The predicted molar refractivity (Wildman–Crippen MR) is 63.6 cm³/mol. The van der Waals surface area contributed by atoms with Crippen molar-refractivity contribution in [3.8, 4) is 11.5 Å². The molecule has 1 aliphatic heterocycles. The third-order valence-electron chi connectivity index (χ3n) is 2.13. The van der Waals surface area contributed by atoms with Crippen LogP contribution in [0, 0.1) is 5.82 Å². The van der Waals surface area contributed by atoms with Gasteiger partial charge in [0.05, 0.1) is 15.8 Å². The van der Waals surface area contributed by atoms with Gasteiger partial charge in [-0.05, 0) is 15.9 Å². The van der Waals surface area contributed by atoms with Crippen molar-refractivity contribution in [3.05, 3.63) is 21.9 Å². The van der Waals surface area contributed by atoms with E-state index in [2.05, 4.69) is 15.9 Å². The van der Waals surface area contributed by atoms with E-state index in [0.29, 0.717) is 12.4 Å². The Morgan fingerprint density at radius 1 is 1.41 bits per heavy atom. The number of benzene rings is 1. The average molecular weight is 346 g/mol. The van der Waals surface area contributed by atoms with Crippen LogP contribution < -0.4 is 9.47 Å². The summed E-state index contributed by atoms with van der Waals surface area (Å²) in [7, 11) is 1.25. The van der Waals surface area contributed by atoms with E-state index in [1.54, 1.807) is 0 Å². The van der Waals surface area contributed by atoms with Crippen LogP contribution in [0.4, 0.5) is 4.39 Å². The molecular formula is C9H7BrClFO4S. The molecule has 1 aliphatic rings. The Bertz CT molecular complexity index is 561. The zero-order valence-electron chi connectivity index (χ0n) is 8.37. The van der Waals surface area contributed by atoms with Crippen molar-refractivity contribution in [2.24, 2.45) is 0 Å². The van der Waals surface area contributed by atoms with Crippen LogP contribution in [0.5, 0.6) is 11.5 Å². The van der Waals surface area contributed by atoms with E-state index in [4.69, 9.17) is 20.2 Å². The summed E-state index contributed by atoms with van der Waals surface area (Å²) in [4.78, 5) is 0. The number of hydrogen-bond acceptors (Lipinski definition) is 4. The molecule has 94 valence electrons. The lowest BCUT2D eigenvalue weighted by molar-refractivity contribution is 0.169. The van der Waals surface area contributed by atoms with E-state index in [9.17, 15) is 12.8 Å². The molecule has 1 heterocycles. The average Bonchev–Trinajstić information content (AvgIpc) is 2.23. The van der Waals surface area contributed by atoms with Crippen LogP contribution >= 0.6 is 26.6 Å². The summed E-state index contributed by atoms with van der Waals surface area (Å²) in [6, 6.07) is 1.40. The van der Waals surface area contributed by atoms with Gasteiger partial charge in [-0.1, -0.05) is 0 Å². The Morgan fingerprint density at radius 2 is 2.06 bits per heavy atom. The molecular weight excluding hydrogens is 339 g/mol. The van der Waals surface area contributed by atoms with E-state index in [-0.39, 0.29) is 22.4 Å². The second kappa shape index (κ2) is 4.62. The quantitative estimate of drug-likeness (QED) is 0.773.